The van der Waals surface area contributed by atoms with Gasteiger partial charge in [0.15, 0.2) is 6.10 Å². The first-order valence-electron chi connectivity index (χ1n) is 5.06. The Labute approximate surface area is 87.4 Å². The van der Waals surface area contributed by atoms with Crippen molar-refractivity contribution < 1.29 is 14.6 Å². The van der Waals surface area contributed by atoms with Gasteiger partial charge in [-0.05, 0) is 31.2 Å². The zero-order chi connectivity index (χ0) is 10.8. The van der Waals surface area contributed by atoms with E-state index in [0.29, 0.717) is 5.69 Å². The lowest BCUT2D eigenvalue weighted by Gasteiger charge is -2.12. The van der Waals surface area contributed by atoms with Crippen LogP contribution in [0.25, 0.3) is 0 Å². The summed E-state index contributed by atoms with van der Waals surface area (Å²) in [6, 6.07) is 0. The Morgan fingerprint density at radius 1 is 1.53 bits per heavy atom. The van der Waals surface area contributed by atoms with E-state index in [1.165, 1.54) is 7.11 Å². The van der Waals surface area contributed by atoms with Crippen molar-refractivity contribution in [2.75, 3.05) is 7.11 Å². The second kappa shape index (κ2) is 4.02. The van der Waals surface area contributed by atoms with Crippen LogP contribution in [0.2, 0.25) is 0 Å². The lowest BCUT2D eigenvalue weighted by Crippen LogP contribution is -2.16. The molecule has 0 radical (unpaired) electrons. The van der Waals surface area contributed by atoms with Crippen LogP contribution < -0.4 is 0 Å². The number of ether oxygens (including phenoxy) is 1. The fourth-order valence-electron chi connectivity index (χ4n) is 1.96. The Kier molecular flexibility index (Phi) is 2.73. The summed E-state index contributed by atoms with van der Waals surface area (Å²) >= 11 is 0. The molecule has 1 aromatic rings. The van der Waals surface area contributed by atoms with E-state index in [2.05, 4.69) is 14.9 Å². The summed E-state index contributed by atoms with van der Waals surface area (Å²) < 4.78 is 4.48. The van der Waals surface area contributed by atoms with Crippen molar-refractivity contribution in [1.82, 2.24) is 10.2 Å². The molecule has 5 nitrogen and oxygen atoms in total. The van der Waals surface area contributed by atoms with Crippen molar-refractivity contribution >= 4 is 5.97 Å². The maximum Gasteiger partial charge on any atom is 0.341 e. The number of hydrogen-bond donors (Lipinski definition) is 2. The SMILES string of the molecule is COC(=O)C(O)c1n[nH]c2c1CCCC2. The molecule has 1 aromatic heterocycles. The molecule has 2 N–H and O–H groups in total. The van der Waals surface area contributed by atoms with Crippen molar-refractivity contribution in [3.8, 4) is 0 Å². The first-order chi connectivity index (χ1) is 7.24. The van der Waals surface area contributed by atoms with Crippen LogP contribution in [0.3, 0.4) is 0 Å². The first kappa shape index (κ1) is 10.2. The number of nitrogens with one attached hydrogen (secondary N) is 1. The van der Waals surface area contributed by atoms with Gasteiger partial charge in [-0.1, -0.05) is 0 Å². The lowest BCUT2D eigenvalue weighted by atomic mass is 9.94. The number of carbonyl (C=O) groups is 1. The number of aryl methyl sites for hydroxylation is 1. The van der Waals surface area contributed by atoms with Crippen LogP contribution in [0.15, 0.2) is 0 Å². The number of methoxy groups -OCH3 is 1. The van der Waals surface area contributed by atoms with Gasteiger partial charge < -0.3 is 9.84 Å². The van der Waals surface area contributed by atoms with Gasteiger partial charge in [0.2, 0.25) is 0 Å². The number of carbonyl (C=O) groups excluding carboxylic acids is 1. The van der Waals surface area contributed by atoms with Gasteiger partial charge >= 0.3 is 5.97 Å². The molecule has 1 heterocycles. The van der Waals surface area contributed by atoms with Gasteiger partial charge in [0, 0.05) is 5.69 Å². The summed E-state index contributed by atoms with van der Waals surface area (Å²) in [7, 11) is 1.25. The summed E-state index contributed by atoms with van der Waals surface area (Å²) in [6.45, 7) is 0. The number of nitrogens with zero attached hydrogens (tertiary/aromatic N) is 1. The van der Waals surface area contributed by atoms with E-state index >= 15 is 0 Å². The van der Waals surface area contributed by atoms with Gasteiger partial charge in [0.1, 0.15) is 5.69 Å². The predicted molar refractivity (Wildman–Crippen MR) is 52.2 cm³/mol. The van der Waals surface area contributed by atoms with Gasteiger partial charge in [0.05, 0.1) is 7.11 Å². The van der Waals surface area contributed by atoms with Gasteiger partial charge in [0.25, 0.3) is 0 Å². The highest BCUT2D eigenvalue weighted by molar-refractivity contribution is 5.76. The number of aliphatic hydroxyl groups is 1. The lowest BCUT2D eigenvalue weighted by molar-refractivity contribution is -0.151. The van der Waals surface area contributed by atoms with E-state index in [1.807, 2.05) is 0 Å². The molecule has 15 heavy (non-hydrogen) atoms. The van der Waals surface area contributed by atoms with Gasteiger partial charge in [-0.2, -0.15) is 5.10 Å². The molecule has 1 aliphatic carbocycles. The highest BCUT2D eigenvalue weighted by Gasteiger charge is 2.27. The number of esters is 1. The smallest absolute Gasteiger partial charge is 0.341 e. The van der Waals surface area contributed by atoms with Crippen molar-refractivity contribution in [3.63, 3.8) is 0 Å². The molecule has 82 valence electrons. The molecule has 0 saturated heterocycles. The number of aromatic nitrogens is 2. The Morgan fingerprint density at radius 2 is 2.27 bits per heavy atom. The quantitative estimate of drug-likeness (QED) is 0.697. The largest absolute Gasteiger partial charge is 0.467 e. The van der Waals surface area contributed by atoms with Crippen molar-refractivity contribution in [2.24, 2.45) is 0 Å². The van der Waals surface area contributed by atoms with Crippen LogP contribution in [-0.4, -0.2) is 28.4 Å². The number of aromatic amines is 1. The molecule has 0 aliphatic heterocycles. The number of aliphatic hydroxyl groups excluding tert-OH is 1. The minimum absolute atomic E-state index is 0.427. The molecule has 1 aliphatic rings. The average Bonchev–Trinajstić information content (AvgIpc) is 2.70. The van der Waals surface area contributed by atoms with Gasteiger partial charge in [-0.15, -0.1) is 0 Å². The maximum atomic E-state index is 11.2. The fraction of sp³-hybridized carbons (Fsp3) is 0.600. The molecule has 0 aromatic carbocycles. The van der Waals surface area contributed by atoms with Crippen LogP contribution in [0, 0.1) is 0 Å². The average molecular weight is 210 g/mol. The summed E-state index contributed by atoms with van der Waals surface area (Å²) in [5, 5.41) is 16.5. The van der Waals surface area contributed by atoms with E-state index in [9.17, 15) is 9.90 Å². The zero-order valence-electron chi connectivity index (χ0n) is 8.62. The second-order valence-electron chi connectivity index (χ2n) is 3.70. The van der Waals surface area contributed by atoms with E-state index < -0.39 is 12.1 Å². The van der Waals surface area contributed by atoms with Crippen LogP contribution in [-0.2, 0) is 22.4 Å². The third-order valence-corrected chi connectivity index (χ3v) is 2.77. The number of H-pyrrole nitrogens is 1. The number of hydrogen-bond acceptors (Lipinski definition) is 4. The standard InChI is InChI=1S/C10H14N2O3/c1-15-10(14)9(13)8-6-4-2-3-5-7(6)11-12-8/h9,13H,2-5H2,1H3,(H,11,12). The predicted octanol–water partition coefficient (Wildman–Crippen LogP) is 0.495. The normalized spacial score (nSPS) is 16.9. The third kappa shape index (κ3) is 1.74. The van der Waals surface area contributed by atoms with Crippen LogP contribution >= 0.6 is 0 Å². The summed E-state index contributed by atoms with van der Waals surface area (Å²) in [5.41, 5.74) is 2.45. The minimum atomic E-state index is -1.26. The molecule has 0 saturated carbocycles. The van der Waals surface area contributed by atoms with Gasteiger partial charge in [-0.3, -0.25) is 5.10 Å². The maximum absolute atomic E-state index is 11.2. The monoisotopic (exact) mass is 210 g/mol. The molecule has 1 atom stereocenters. The molecule has 5 heteroatoms. The van der Waals surface area contributed by atoms with Crippen LogP contribution in [0.1, 0.15) is 35.9 Å². The van der Waals surface area contributed by atoms with Crippen LogP contribution in [0.5, 0.6) is 0 Å². The molecule has 0 bridgehead atoms. The van der Waals surface area contributed by atoms with E-state index in [1.54, 1.807) is 0 Å². The Hall–Kier alpha value is -1.36. The summed E-state index contributed by atoms with van der Waals surface area (Å²) in [5.74, 6) is -0.658. The number of fused-ring (bicyclic) bond motifs is 1. The molecular weight excluding hydrogens is 196 g/mol. The summed E-state index contributed by atoms with van der Waals surface area (Å²) in [4.78, 5) is 11.2. The number of rotatable bonds is 2. The Bertz CT molecular complexity index is 373. The Morgan fingerprint density at radius 3 is 3.00 bits per heavy atom. The van der Waals surface area contributed by atoms with E-state index in [0.717, 1.165) is 36.9 Å². The second-order valence-corrected chi connectivity index (χ2v) is 3.70. The third-order valence-electron chi connectivity index (χ3n) is 2.77. The molecule has 2 rings (SSSR count). The minimum Gasteiger partial charge on any atom is -0.467 e. The molecular formula is C10H14N2O3. The fourth-order valence-corrected chi connectivity index (χ4v) is 1.96. The Balaban J connectivity index is 2.28. The first-order valence-corrected chi connectivity index (χ1v) is 5.06. The molecule has 1 unspecified atom stereocenters. The topological polar surface area (TPSA) is 75.2 Å². The van der Waals surface area contributed by atoms with E-state index in [4.69, 9.17) is 0 Å². The van der Waals surface area contributed by atoms with Crippen molar-refractivity contribution in [3.05, 3.63) is 17.0 Å². The molecule has 0 fully saturated rings. The summed E-state index contributed by atoms with van der Waals surface area (Å²) in [6.07, 6.45) is 2.76. The van der Waals surface area contributed by atoms with Crippen LogP contribution in [0.4, 0.5) is 0 Å². The molecule has 0 amide bonds. The van der Waals surface area contributed by atoms with Gasteiger partial charge in [-0.25, -0.2) is 4.79 Å². The highest BCUT2D eigenvalue weighted by Crippen LogP contribution is 2.26. The van der Waals surface area contributed by atoms with Crippen molar-refractivity contribution in [1.29, 1.82) is 0 Å². The van der Waals surface area contributed by atoms with Crippen molar-refractivity contribution in [2.45, 2.75) is 31.8 Å². The van der Waals surface area contributed by atoms with E-state index in [-0.39, 0.29) is 0 Å². The highest BCUT2D eigenvalue weighted by atomic mass is 16.5. The zero-order valence-corrected chi connectivity index (χ0v) is 8.62. The molecule has 0 spiro atoms.